The summed E-state index contributed by atoms with van der Waals surface area (Å²) in [5, 5.41) is 22.2. The Labute approximate surface area is 160 Å². The quantitative estimate of drug-likeness (QED) is 0.755. The summed E-state index contributed by atoms with van der Waals surface area (Å²) in [5.74, 6) is 0.897. The molecule has 142 valence electrons. The molecule has 0 radical (unpaired) electrons. The fourth-order valence-corrected chi connectivity index (χ4v) is 4.77. The van der Waals surface area contributed by atoms with Crippen molar-refractivity contribution in [1.29, 1.82) is 5.26 Å². The minimum Gasteiger partial charge on any atom is -0.323 e. The zero-order valence-electron chi connectivity index (χ0n) is 16.4. The maximum atomic E-state index is 9.39. The SMILES string of the molecule is CC(C)(C)n1nnnc1[C@@H](c1cccc(C#N)c1)[NH+]1CC[NH+]2CCC[C@@H]2C1. The van der Waals surface area contributed by atoms with Gasteiger partial charge in [0, 0.05) is 18.4 Å². The number of hydrogen-bond acceptors (Lipinski definition) is 4. The summed E-state index contributed by atoms with van der Waals surface area (Å²) in [5.41, 5.74) is 1.63. The van der Waals surface area contributed by atoms with Crippen molar-refractivity contribution in [2.24, 2.45) is 0 Å². The second-order valence-electron chi connectivity index (χ2n) is 8.90. The normalized spacial score (nSPS) is 26.4. The summed E-state index contributed by atoms with van der Waals surface area (Å²) in [4.78, 5) is 3.28. The molecular formula is C20H29N7+2. The van der Waals surface area contributed by atoms with E-state index in [-0.39, 0.29) is 11.6 Å². The highest BCUT2D eigenvalue weighted by Crippen LogP contribution is 2.23. The van der Waals surface area contributed by atoms with Gasteiger partial charge in [-0.05, 0) is 43.3 Å². The Morgan fingerprint density at radius 1 is 1.26 bits per heavy atom. The predicted molar refractivity (Wildman–Crippen MR) is 100 cm³/mol. The van der Waals surface area contributed by atoms with Crippen LogP contribution in [0.5, 0.6) is 0 Å². The second-order valence-corrected chi connectivity index (χ2v) is 8.90. The lowest BCUT2D eigenvalue weighted by atomic mass is 9.99. The van der Waals surface area contributed by atoms with E-state index in [1.807, 2.05) is 22.9 Å². The molecule has 1 aromatic heterocycles. The van der Waals surface area contributed by atoms with Gasteiger partial charge in [0.25, 0.3) is 0 Å². The van der Waals surface area contributed by atoms with Gasteiger partial charge < -0.3 is 9.80 Å². The lowest BCUT2D eigenvalue weighted by Crippen LogP contribution is -3.29. The molecule has 2 aliphatic rings. The summed E-state index contributed by atoms with van der Waals surface area (Å²) in [7, 11) is 0. The first kappa shape index (κ1) is 18.1. The van der Waals surface area contributed by atoms with Crippen LogP contribution in [0.4, 0.5) is 0 Å². The van der Waals surface area contributed by atoms with Gasteiger partial charge in [-0.1, -0.05) is 12.1 Å². The molecule has 0 spiro atoms. The number of tetrazole rings is 1. The van der Waals surface area contributed by atoms with E-state index in [0.29, 0.717) is 5.56 Å². The van der Waals surface area contributed by atoms with E-state index < -0.39 is 0 Å². The molecule has 4 rings (SSSR count). The average Bonchev–Trinajstić information content (AvgIpc) is 3.31. The van der Waals surface area contributed by atoms with E-state index in [0.717, 1.165) is 30.5 Å². The predicted octanol–water partition coefficient (Wildman–Crippen LogP) is -0.665. The van der Waals surface area contributed by atoms with Crippen molar-refractivity contribution in [3.05, 3.63) is 41.2 Å². The number of aromatic nitrogens is 4. The second kappa shape index (κ2) is 7.02. The molecule has 2 aliphatic heterocycles. The summed E-state index contributed by atoms with van der Waals surface area (Å²) < 4.78 is 1.96. The Morgan fingerprint density at radius 2 is 2.11 bits per heavy atom. The van der Waals surface area contributed by atoms with Crippen LogP contribution in [0.15, 0.2) is 24.3 Å². The lowest BCUT2D eigenvalue weighted by molar-refractivity contribution is -1.03. The Bertz CT molecular complexity index is 845. The largest absolute Gasteiger partial charge is 0.323 e. The molecule has 0 bridgehead atoms. The zero-order chi connectivity index (χ0) is 19.0. The standard InChI is InChI=1S/C20H27N7/c1-20(2,3)27-19(22-23-24-27)18(16-7-4-6-15(12-16)13-21)26-11-10-25-9-5-8-17(25)14-26/h4,6-7,12,17-18H,5,8-11,14H2,1-3H3/p+2/t17-,18-/m1/s1. The highest BCUT2D eigenvalue weighted by Gasteiger charge is 2.43. The van der Waals surface area contributed by atoms with Gasteiger partial charge in [0.1, 0.15) is 25.7 Å². The molecule has 2 unspecified atom stereocenters. The van der Waals surface area contributed by atoms with Crippen LogP contribution in [0.1, 0.15) is 56.6 Å². The molecule has 2 saturated heterocycles. The molecular weight excluding hydrogens is 338 g/mol. The van der Waals surface area contributed by atoms with Crippen molar-refractivity contribution in [2.75, 3.05) is 26.2 Å². The van der Waals surface area contributed by atoms with Crippen molar-refractivity contribution in [1.82, 2.24) is 20.2 Å². The maximum absolute atomic E-state index is 9.39. The molecule has 0 saturated carbocycles. The highest BCUT2D eigenvalue weighted by molar-refractivity contribution is 5.35. The zero-order valence-corrected chi connectivity index (χ0v) is 16.4. The van der Waals surface area contributed by atoms with E-state index >= 15 is 0 Å². The van der Waals surface area contributed by atoms with E-state index in [9.17, 15) is 5.26 Å². The number of fused-ring (bicyclic) bond motifs is 1. The molecule has 2 aromatic rings. The molecule has 0 amide bonds. The summed E-state index contributed by atoms with van der Waals surface area (Å²) >= 11 is 0. The van der Waals surface area contributed by atoms with Gasteiger partial charge in [-0.15, -0.1) is 5.10 Å². The Kier molecular flexibility index (Phi) is 4.70. The van der Waals surface area contributed by atoms with E-state index in [2.05, 4.69) is 48.4 Å². The van der Waals surface area contributed by atoms with Crippen LogP contribution < -0.4 is 9.80 Å². The number of hydrogen-bond donors (Lipinski definition) is 2. The average molecular weight is 368 g/mol. The van der Waals surface area contributed by atoms with Gasteiger partial charge in [-0.25, -0.2) is 4.68 Å². The molecule has 3 heterocycles. The Balaban J connectivity index is 1.76. The summed E-state index contributed by atoms with van der Waals surface area (Å²) in [6.45, 7) is 11.1. The van der Waals surface area contributed by atoms with Gasteiger partial charge in [-0.2, -0.15) is 5.26 Å². The number of nitriles is 1. The minimum absolute atomic E-state index is 0.0506. The molecule has 2 fully saturated rings. The van der Waals surface area contributed by atoms with Gasteiger partial charge in [0.2, 0.25) is 5.82 Å². The van der Waals surface area contributed by atoms with Gasteiger partial charge in [0.05, 0.1) is 23.7 Å². The van der Waals surface area contributed by atoms with Crippen LogP contribution in [0.25, 0.3) is 0 Å². The highest BCUT2D eigenvalue weighted by atomic mass is 15.6. The van der Waals surface area contributed by atoms with Crippen LogP contribution >= 0.6 is 0 Å². The number of piperazine rings is 1. The molecule has 7 nitrogen and oxygen atoms in total. The molecule has 27 heavy (non-hydrogen) atoms. The number of quaternary nitrogens is 2. The third-order valence-corrected chi connectivity index (χ3v) is 6.05. The van der Waals surface area contributed by atoms with Crippen molar-refractivity contribution < 1.29 is 9.80 Å². The van der Waals surface area contributed by atoms with Crippen molar-refractivity contribution >= 4 is 0 Å². The molecule has 4 atom stereocenters. The van der Waals surface area contributed by atoms with Crippen LogP contribution in [0.3, 0.4) is 0 Å². The van der Waals surface area contributed by atoms with E-state index in [1.54, 1.807) is 4.90 Å². The van der Waals surface area contributed by atoms with E-state index in [4.69, 9.17) is 0 Å². The molecule has 7 heteroatoms. The minimum atomic E-state index is -0.191. The number of nitrogens with one attached hydrogen (secondary N) is 2. The Hall–Kier alpha value is -2.30. The fourth-order valence-electron chi connectivity index (χ4n) is 4.77. The number of benzene rings is 1. The summed E-state index contributed by atoms with van der Waals surface area (Å²) in [6.07, 6.45) is 2.65. The van der Waals surface area contributed by atoms with Crippen LogP contribution in [-0.4, -0.2) is 52.4 Å². The van der Waals surface area contributed by atoms with Crippen LogP contribution in [0.2, 0.25) is 0 Å². The van der Waals surface area contributed by atoms with Crippen molar-refractivity contribution in [2.45, 2.75) is 51.2 Å². The van der Waals surface area contributed by atoms with Crippen LogP contribution in [-0.2, 0) is 5.54 Å². The van der Waals surface area contributed by atoms with Gasteiger partial charge in [-0.3, -0.25) is 0 Å². The molecule has 0 aliphatic carbocycles. The molecule has 2 N–H and O–H groups in total. The third-order valence-electron chi connectivity index (χ3n) is 6.05. The maximum Gasteiger partial charge on any atom is 0.214 e. The van der Waals surface area contributed by atoms with Crippen molar-refractivity contribution in [3.63, 3.8) is 0 Å². The molecule has 1 aromatic carbocycles. The first-order valence-corrected chi connectivity index (χ1v) is 9.95. The van der Waals surface area contributed by atoms with Crippen molar-refractivity contribution in [3.8, 4) is 6.07 Å². The number of rotatable bonds is 3. The van der Waals surface area contributed by atoms with E-state index in [1.165, 1.54) is 30.8 Å². The third kappa shape index (κ3) is 3.47. The summed E-state index contributed by atoms with van der Waals surface area (Å²) in [6, 6.07) is 11.0. The number of nitrogens with zero attached hydrogens (tertiary/aromatic N) is 5. The van der Waals surface area contributed by atoms with Gasteiger partial charge in [0.15, 0.2) is 6.04 Å². The first-order valence-electron chi connectivity index (χ1n) is 9.95. The van der Waals surface area contributed by atoms with Gasteiger partial charge >= 0.3 is 0 Å². The lowest BCUT2D eigenvalue weighted by Gasteiger charge is -2.37. The van der Waals surface area contributed by atoms with Crippen LogP contribution in [0, 0.1) is 11.3 Å². The smallest absolute Gasteiger partial charge is 0.214 e. The monoisotopic (exact) mass is 367 g/mol. The Morgan fingerprint density at radius 3 is 2.89 bits per heavy atom. The first-order chi connectivity index (χ1) is 13.0. The topological polar surface area (TPSA) is 76.3 Å². The fraction of sp³-hybridized carbons (Fsp3) is 0.600.